The van der Waals surface area contributed by atoms with Gasteiger partial charge in [0.15, 0.2) is 0 Å². The van der Waals surface area contributed by atoms with E-state index in [4.69, 9.17) is 23.2 Å². The van der Waals surface area contributed by atoms with Crippen molar-refractivity contribution < 1.29 is 0 Å². The van der Waals surface area contributed by atoms with E-state index < -0.39 is 0 Å². The van der Waals surface area contributed by atoms with Gasteiger partial charge in [0.2, 0.25) is 0 Å². The molecule has 4 heteroatoms. The molecule has 1 aromatic carbocycles. The number of nitrogens with zero attached hydrogens (tertiary/aromatic N) is 2. The molecular weight excluding hydrogens is 279 g/mol. The molecule has 2 rings (SSSR count). The van der Waals surface area contributed by atoms with Gasteiger partial charge in [-0.1, -0.05) is 35.3 Å². The zero-order valence-corrected chi connectivity index (χ0v) is 11.9. The third kappa shape index (κ3) is 3.72. The number of benzene rings is 1. The molecular formula is C15H14Cl2N2. The standard InChI is InChI=1S/C15H14Cl2N2/c1-2-8-19(11-12-4-3-7-18-10-12)15-6-5-13(16)9-14(15)17/h2-7,9-10H,1,8,11H2. The normalized spacial score (nSPS) is 10.2. The third-order valence-corrected chi connectivity index (χ3v) is 3.23. The summed E-state index contributed by atoms with van der Waals surface area (Å²) in [6.07, 6.45) is 5.46. The van der Waals surface area contributed by atoms with Gasteiger partial charge in [0.25, 0.3) is 0 Å². The minimum atomic E-state index is 0.633. The summed E-state index contributed by atoms with van der Waals surface area (Å²) in [7, 11) is 0. The van der Waals surface area contributed by atoms with Crippen LogP contribution in [0.1, 0.15) is 5.56 Å². The maximum absolute atomic E-state index is 6.25. The zero-order chi connectivity index (χ0) is 13.7. The third-order valence-electron chi connectivity index (χ3n) is 2.70. The largest absolute Gasteiger partial charge is 0.362 e. The predicted molar refractivity (Wildman–Crippen MR) is 81.9 cm³/mol. The molecule has 0 bridgehead atoms. The topological polar surface area (TPSA) is 16.1 Å². The van der Waals surface area contributed by atoms with Crippen LogP contribution in [0.5, 0.6) is 0 Å². The van der Waals surface area contributed by atoms with E-state index >= 15 is 0 Å². The summed E-state index contributed by atoms with van der Waals surface area (Å²) in [5.41, 5.74) is 2.06. The lowest BCUT2D eigenvalue weighted by Crippen LogP contribution is -2.22. The van der Waals surface area contributed by atoms with Gasteiger partial charge in [0.1, 0.15) is 0 Å². The molecule has 0 radical (unpaired) electrons. The maximum atomic E-state index is 6.25. The first kappa shape index (κ1) is 13.9. The van der Waals surface area contributed by atoms with Crippen LogP contribution in [0.15, 0.2) is 55.4 Å². The van der Waals surface area contributed by atoms with Crippen LogP contribution in [-0.2, 0) is 6.54 Å². The Bertz CT molecular complexity index is 555. The van der Waals surface area contributed by atoms with E-state index in [1.807, 2.05) is 36.5 Å². The number of rotatable bonds is 5. The van der Waals surface area contributed by atoms with Crippen LogP contribution in [0.25, 0.3) is 0 Å². The average Bonchev–Trinajstić information content (AvgIpc) is 2.39. The van der Waals surface area contributed by atoms with Gasteiger partial charge in [0, 0.05) is 30.5 Å². The molecule has 0 fully saturated rings. The van der Waals surface area contributed by atoms with Crippen LogP contribution < -0.4 is 4.90 Å². The fraction of sp³-hybridized carbons (Fsp3) is 0.133. The Morgan fingerprint density at radius 1 is 1.26 bits per heavy atom. The molecule has 0 spiro atoms. The second-order valence-electron chi connectivity index (χ2n) is 4.13. The van der Waals surface area contributed by atoms with Gasteiger partial charge in [-0.25, -0.2) is 0 Å². The lowest BCUT2D eigenvalue weighted by Gasteiger charge is -2.24. The van der Waals surface area contributed by atoms with Gasteiger partial charge in [0.05, 0.1) is 10.7 Å². The van der Waals surface area contributed by atoms with Gasteiger partial charge in [-0.15, -0.1) is 6.58 Å². The van der Waals surface area contributed by atoms with E-state index in [0.29, 0.717) is 16.6 Å². The van der Waals surface area contributed by atoms with Gasteiger partial charge < -0.3 is 4.90 Å². The highest BCUT2D eigenvalue weighted by Gasteiger charge is 2.10. The van der Waals surface area contributed by atoms with E-state index in [-0.39, 0.29) is 0 Å². The van der Waals surface area contributed by atoms with Crippen LogP contribution in [0.3, 0.4) is 0 Å². The minimum Gasteiger partial charge on any atom is -0.362 e. The molecule has 0 amide bonds. The molecule has 1 heterocycles. The highest BCUT2D eigenvalue weighted by molar-refractivity contribution is 6.36. The minimum absolute atomic E-state index is 0.633. The van der Waals surface area contributed by atoms with Crippen molar-refractivity contribution in [2.24, 2.45) is 0 Å². The van der Waals surface area contributed by atoms with Crippen LogP contribution in [0.2, 0.25) is 10.0 Å². The number of pyridine rings is 1. The van der Waals surface area contributed by atoms with Crippen molar-refractivity contribution in [3.8, 4) is 0 Å². The molecule has 0 unspecified atom stereocenters. The molecule has 0 saturated carbocycles. The average molecular weight is 293 g/mol. The monoisotopic (exact) mass is 292 g/mol. The first-order valence-corrected chi connectivity index (χ1v) is 6.66. The van der Waals surface area contributed by atoms with Crippen molar-refractivity contribution in [2.75, 3.05) is 11.4 Å². The summed E-state index contributed by atoms with van der Waals surface area (Å²) in [6.45, 7) is 5.22. The summed E-state index contributed by atoms with van der Waals surface area (Å²) >= 11 is 12.2. The van der Waals surface area contributed by atoms with Crippen LogP contribution in [0.4, 0.5) is 5.69 Å². The quantitative estimate of drug-likeness (QED) is 0.750. The Morgan fingerprint density at radius 3 is 2.74 bits per heavy atom. The van der Waals surface area contributed by atoms with Crippen LogP contribution in [-0.4, -0.2) is 11.5 Å². The summed E-state index contributed by atoms with van der Waals surface area (Å²) in [5.74, 6) is 0. The number of halogens is 2. The predicted octanol–water partition coefficient (Wildman–Crippen LogP) is 4.58. The Morgan fingerprint density at radius 2 is 2.11 bits per heavy atom. The van der Waals surface area contributed by atoms with Crippen molar-refractivity contribution in [1.82, 2.24) is 4.98 Å². The molecule has 0 aliphatic carbocycles. The maximum Gasteiger partial charge on any atom is 0.0654 e. The smallest absolute Gasteiger partial charge is 0.0654 e. The molecule has 0 aliphatic heterocycles. The lowest BCUT2D eigenvalue weighted by molar-refractivity contribution is 0.863. The van der Waals surface area contributed by atoms with Crippen LogP contribution in [0, 0.1) is 0 Å². The molecule has 2 nitrogen and oxygen atoms in total. The molecule has 0 saturated heterocycles. The fourth-order valence-electron chi connectivity index (χ4n) is 1.85. The van der Waals surface area contributed by atoms with Crippen molar-refractivity contribution in [1.29, 1.82) is 0 Å². The van der Waals surface area contributed by atoms with Crippen molar-refractivity contribution in [3.63, 3.8) is 0 Å². The van der Waals surface area contributed by atoms with Crippen molar-refractivity contribution >= 4 is 28.9 Å². The second-order valence-corrected chi connectivity index (χ2v) is 4.97. The van der Waals surface area contributed by atoms with Crippen molar-refractivity contribution in [2.45, 2.75) is 6.54 Å². The van der Waals surface area contributed by atoms with Crippen molar-refractivity contribution in [3.05, 3.63) is 71.0 Å². The first-order valence-electron chi connectivity index (χ1n) is 5.90. The van der Waals surface area contributed by atoms with E-state index in [1.165, 1.54) is 0 Å². The lowest BCUT2D eigenvalue weighted by atomic mass is 10.2. The van der Waals surface area contributed by atoms with E-state index in [1.54, 1.807) is 12.3 Å². The van der Waals surface area contributed by atoms with Gasteiger partial charge in [-0.2, -0.15) is 0 Å². The Kier molecular flexibility index (Phi) is 4.83. The van der Waals surface area contributed by atoms with E-state index in [2.05, 4.69) is 16.5 Å². The second kappa shape index (κ2) is 6.60. The molecule has 19 heavy (non-hydrogen) atoms. The van der Waals surface area contributed by atoms with Crippen LogP contribution >= 0.6 is 23.2 Å². The summed E-state index contributed by atoms with van der Waals surface area (Å²) in [6, 6.07) is 9.46. The summed E-state index contributed by atoms with van der Waals surface area (Å²) < 4.78 is 0. The van der Waals surface area contributed by atoms with E-state index in [9.17, 15) is 0 Å². The number of aromatic nitrogens is 1. The first-order chi connectivity index (χ1) is 9.20. The van der Waals surface area contributed by atoms with E-state index in [0.717, 1.165) is 17.8 Å². The SMILES string of the molecule is C=CCN(Cc1cccnc1)c1ccc(Cl)cc1Cl. The number of hydrogen-bond acceptors (Lipinski definition) is 2. The molecule has 0 N–H and O–H groups in total. The van der Waals surface area contributed by atoms with Gasteiger partial charge in [-0.3, -0.25) is 4.98 Å². The number of anilines is 1. The Hall–Kier alpha value is -1.51. The zero-order valence-electron chi connectivity index (χ0n) is 10.4. The van der Waals surface area contributed by atoms with Gasteiger partial charge in [-0.05, 0) is 29.8 Å². The Balaban J connectivity index is 2.27. The molecule has 0 aliphatic rings. The highest BCUT2D eigenvalue weighted by atomic mass is 35.5. The molecule has 98 valence electrons. The number of hydrogen-bond donors (Lipinski definition) is 0. The summed E-state index contributed by atoms with van der Waals surface area (Å²) in [4.78, 5) is 6.25. The Labute approximate surface area is 123 Å². The summed E-state index contributed by atoms with van der Waals surface area (Å²) in [5, 5.41) is 1.27. The van der Waals surface area contributed by atoms with Gasteiger partial charge >= 0.3 is 0 Å². The fourth-order valence-corrected chi connectivity index (χ4v) is 2.38. The molecule has 1 aromatic heterocycles. The molecule has 0 atom stereocenters. The molecule has 2 aromatic rings. The highest BCUT2D eigenvalue weighted by Crippen LogP contribution is 2.29.